The molecule has 0 aliphatic carbocycles. The van der Waals surface area contributed by atoms with Gasteiger partial charge in [-0.1, -0.05) is 6.07 Å². The van der Waals surface area contributed by atoms with Crippen molar-refractivity contribution in [2.75, 3.05) is 30.5 Å². The first-order valence-electron chi connectivity index (χ1n) is 5.95. The Morgan fingerprint density at radius 2 is 2.35 bits per heavy atom. The van der Waals surface area contributed by atoms with Crippen molar-refractivity contribution in [3.8, 4) is 5.75 Å². The summed E-state index contributed by atoms with van der Waals surface area (Å²) in [6, 6.07) is 5.84. The Balaban J connectivity index is 2.03. The topological polar surface area (TPSA) is 47.3 Å². The SMILES string of the molecule is COc1cccc(NCC2(C)CCCS2)c1N. The molecule has 0 aromatic heterocycles. The van der Waals surface area contributed by atoms with Gasteiger partial charge in [0.1, 0.15) is 5.75 Å². The zero-order chi connectivity index (χ0) is 12.3. The standard InChI is InChI=1S/C13H20N2OS/c1-13(7-4-8-17-13)9-15-10-5-3-6-11(16-2)12(10)14/h3,5-6,15H,4,7-9,14H2,1-2H3. The summed E-state index contributed by atoms with van der Waals surface area (Å²) in [5.41, 5.74) is 7.69. The molecule has 1 aliphatic heterocycles. The summed E-state index contributed by atoms with van der Waals surface area (Å²) < 4.78 is 5.56. The predicted octanol–water partition coefficient (Wildman–Crippen LogP) is 2.98. The number of benzene rings is 1. The van der Waals surface area contributed by atoms with Gasteiger partial charge < -0.3 is 15.8 Å². The van der Waals surface area contributed by atoms with E-state index in [0.29, 0.717) is 10.4 Å². The third-order valence-corrected chi connectivity index (χ3v) is 4.78. The van der Waals surface area contributed by atoms with Crippen molar-refractivity contribution in [2.24, 2.45) is 0 Å². The second-order valence-electron chi connectivity index (χ2n) is 4.68. The number of methoxy groups -OCH3 is 1. The van der Waals surface area contributed by atoms with Gasteiger partial charge in [-0.05, 0) is 37.7 Å². The molecule has 1 aromatic carbocycles. The minimum absolute atomic E-state index is 0.343. The lowest BCUT2D eigenvalue weighted by atomic mass is 10.1. The fourth-order valence-corrected chi connectivity index (χ4v) is 3.38. The first-order chi connectivity index (χ1) is 8.14. The van der Waals surface area contributed by atoms with Crippen molar-refractivity contribution in [1.29, 1.82) is 0 Å². The number of hydrogen-bond donors (Lipinski definition) is 2. The number of thioether (sulfide) groups is 1. The predicted molar refractivity (Wildman–Crippen MR) is 76.0 cm³/mol. The molecule has 0 bridgehead atoms. The number of rotatable bonds is 4. The Kier molecular flexibility index (Phi) is 3.72. The molecule has 1 aromatic rings. The Hall–Kier alpha value is -1.03. The van der Waals surface area contributed by atoms with Crippen LogP contribution in [-0.2, 0) is 0 Å². The minimum atomic E-state index is 0.343. The maximum absolute atomic E-state index is 6.03. The van der Waals surface area contributed by atoms with Gasteiger partial charge in [-0.15, -0.1) is 0 Å². The average molecular weight is 252 g/mol. The summed E-state index contributed by atoms with van der Waals surface area (Å²) in [6.45, 7) is 3.27. The van der Waals surface area contributed by atoms with Gasteiger partial charge in [-0.25, -0.2) is 0 Å². The zero-order valence-corrected chi connectivity index (χ0v) is 11.3. The molecule has 1 saturated heterocycles. The maximum Gasteiger partial charge on any atom is 0.143 e. The van der Waals surface area contributed by atoms with Gasteiger partial charge in [0, 0.05) is 11.3 Å². The molecular weight excluding hydrogens is 232 g/mol. The molecule has 4 heteroatoms. The van der Waals surface area contributed by atoms with Crippen LogP contribution in [0.25, 0.3) is 0 Å². The second kappa shape index (κ2) is 5.08. The van der Waals surface area contributed by atoms with Crippen molar-refractivity contribution in [3.05, 3.63) is 18.2 Å². The summed E-state index contributed by atoms with van der Waals surface area (Å²) in [6.07, 6.45) is 2.59. The summed E-state index contributed by atoms with van der Waals surface area (Å²) in [4.78, 5) is 0. The molecule has 1 unspecified atom stereocenters. The first-order valence-corrected chi connectivity index (χ1v) is 6.93. The first kappa shape index (κ1) is 12.4. The van der Waals surface area contributed by atoms with Gasteiger partial charge in [-0.2, -0.15) is 11.8 Å². The maximum atomic E-state index is 6.03. The van der Waals surface area contributed by atoms with Crippen LogP contribution in [0.1, 0.15) is 19.8 Å². The molecule has 1 fully saturated rings. The summed E-state index contributed by atoms with van der Waals surface area (Å²) in [5.74, 6) is 2.01. The lowest BCUT2D eigenvalue weighted by Gasteiger charge is -2.24. The van der Waals surface area contributed by atoms with E-state index in [1.807, 2.05) is 30.0 Å². The van der Waals surface area contributed by atoms with E-state index in [4.69, 9.17) is 10.5 Å². The smallest absolute Gasteiger partial charge is 0.143 e. The third kappa shape index (κ3) is 2.80. The van der Waals surface area contributed by atoms with Gasteiger partial charge in [0.05, 0.1) is 18.5 Å². The zero-order valence-electron chi connectivity index (χ0n) is 10.5. The van der Waals surface area contributed by atoms with E-state index >= 15 is 0 Å². The highest BCUT2D eigenvalue weighted by Gasteiger charge is 2.29. The minimum Gasteiger partial charge on any atom is -0.495 e. The van der Waals surface area contributed by atoms with Crippen LogP contribution in [0.15, 0.2) is 18.2 Å². The van der Waals surface area contributed by atoms with Crippen LogP contribution in [0.3, 0.4) is 0 Å². The van der Waals surface area contributed by atoms with Crippen LogP contribution in [0.5, 0.6) is 5.75 Å². The van der Waals surface area contributed by atoms with Gasteiger partial charge in [0.15, 0.2) is 0 Å². The third-order valence-electron chi connectivity index (χ3n) is 3.24. The summed E-state index contributed by atoms with van der Waals surface area (Å²) in [5, 5.41) is 3.44. The summed E-state index contributed by atoms with van der Waals surface area (Å²) in [7, 11) is 1.64. The molecular formula is C13H20N2OS. The fourth-order valence-electron chi connectivity index (χ4n) is 2.13. The molecule has 1 heterocycles. The van der Waals surface area contributed by atoms with Crippen molar-refractivity contribution in [2.45, 2.75) is 24.5 Å². The number of anilines is 2. The van der Waals surface area contributed by atoms with Crippen molar-refractivity contribution >= 4 is 23.1 Å². The van der Waals surface area contributed by atoms with Crippen molar-refractivity contribution in [1.82, 2.24) is 0 Å². The Labute approximate surface area is 107 Å². The number of nitrogens with two attached hydrogens (primary N) is 1. The Morgan fingerprint density at radius 3 is 3.00 bits per heavy atom. The highest BCUT2D eigenvalue weighted by Crippen LogP contribution is 2.38. The van der Waals surface area contributed by atoms with Crippen LogP contribution in [0, 0.1) is 0 Å². The largest absolute Gasteiger partial charge is 0.495 e. The highest BCUT2D eigenvalue weighted by atomic mass is 32.2. The molecule has 0 amide bonds. The normalized spacial score (nSPS) is 23.6. The molecule has 17 heavy (non-hydrogen) atoms. The van der Waals surface area contributed by atoms with Crippen LogP contribution in [0.2, 0.25) is 0 Å². The van der Waals surface area contributed by atoms with Gasteiger partial charge in [0.25, 0.3) is 0 Å². The van der Waals surface area contributed by atoms with E-state index in [2.05, 4.69) is 12.2 Å². The van der Waals surface area contributed by atoms with Gasteiger partial charge in [0.2, 0.25) is 0 Å². The average Bonchev–Trinajstić information content (AvgIpc) is 2.75. The molecule has 0 spiro atoms. The van der Waals surface area contributed by atoms with Crippen LogP contribution >= 0.6 is 11.8 Å². The van der Waals surface area contributed by atoms with E-state index in [9.17, 15) is 0 Å². The summed E-state index contributed by atoms with van der Waals surface area (Å²) >= 11 is 2.05. The lowest BCUT2D eigenvalue weighted by Crippen LogP contribution is -2.27. The van der Waals surface area contributed by atoms with Gasteiger partial charge in [-0.3, -0.25) is 0 Å². The molecule has 2 rings (SSSR count). The molecule has 1 aliphatic rings. The molecule has 0 saturated carbocycles. The number of nitrogens with one attached hydrogen (secondary N) is 1. The Morgan fingerprint density at radius 1 is 1.53 bits per heavy atom. The molecule has 3 N–H and O–H groups in total. The lowest BCUT2D eigenvalue weighted by molar-refractivity contribution is 0.417. The number of ether oxygens (including phenoxy) is 1. The van der Waals surface area contributed by atoms with Crippen LogP contribution < -0.4 is 15.8 Å². The van der Waals surface area contributed by atoms with E-state index < -0.39 is 0 Å². The van der Waals surface area contributed by atoms with Crippen molar-refractivity contribution < 1.29 is 4.74 Å². The molecule has 0 radical (unpaired) electrons. The highest BCUT2D eigenvalue weighted by molar-refractivity contribution is 8.00. The molecule has 3 nitrogen and oxygen atoms in total. The fraction of sp³-hybridized carbons (Fsp3) is 0.538. The number of hydrogen-bond acceptors (Lipinski definition) is 4. The van der Waals surface area contributed by atoms with Crippen LogP contribution in [-0.4, -0.2) is 24.2 Å². The molecule has 1 atom stereocenters. The van der Waals surface area contributed by atoms with E-state index in [0.717, 1.165) is 18.0 Å². The monoisotopic (exact) mass is 252 g/mol. The quantitative estimate of drug-likeness (QED) is 0.809. The van der Waals surface area contributed by atoms with Gasteiger partial charge >= 0.3 is 0 Å². The number of para-hydroxylation sites is 1. The second-order valence-corrected chi connectivity index (χ2v) is 6.36. The van der Waals surface area contributed by atoms with Crippen molar-refractivity contribution in [3.63, 3.8) is 0 Å². The Bertz CT molecular complexity index is 389. The van der Waals surface area contributed by atoms with Crippen LogP contribution in [0.4, 0.5) is 11.4 Å². The van der Waals surface area contributed by atoms with E-state index in [1.165, 1.54) is 18.6 Å². The van der Waals surface area contributed by atoms with E-state index in [-0.39, 0.29) is 0 Å². The molecule has 94 valence electrons. The van der Waals surface area contributed by atoms with E-state index in [1.54, 1.807) is 7.11 Å². The number of nitrogen functional groups attached to an aromatic ring is 1.